The van der Waals surface area contributed by atoms with Gasteiger partial charge in [0.1, 0.15) is 5.82 Å². The molecular formula is C18H18ClFN2O3S. The molecule has 1 amide bonds. The molecule has 0 saturated heterocycles. The minimum absolute atomic E-state index is 0.00345. The quantitative estimate of drug-likeness (QED) is 0.850. The zero-order valence-corrected chi connectivity index (χ0v) is 15.7. The number of hydrogen-bond acceptors (Lipinski definition) is 3. The zero-order chi connectivity index (χ0) is 18.9. The van der Waals surface area contributed by atoms with Crippen molar-refractivity contribution in [3.05, 3.63) is 52.8 Å². The maximum absolute atomic E-state index is 13.3. The summed E-state index contributed by atoms with van der Waals surface area (Å²) in [4.78, 5) is 13.7. The molecule has 1 aliphatic rings. The fourth-order valence-electron chi connectivity index (χ4n) is 2.95. The van der Waals surface area contributed by atoms with E-state index in [1.54, 1.807) is 24.0 Å². The molecule has 1 aliphatic heterocycles. The van der Waals surface area contributed by atoms with Crippen molar-refractivity contribution in [3.8, 4) is 0 Å². The predicted octanol–water partition coefficient (Wildman–Crippen LogP) is 3.97. The highest BCUT2D eigenvalue weighted by Crippen LogP contribution is 2.31. The zero-order valence-electron chi connectivity index (χ0n) is 14.1. The Morgan fingerprint density at radius 1 is 1.27 bits per heavy atom. The minimum atomic E-state index is -3.93. The molecule has 0 unspecified atom stereocenters. The Bertz CT molecular complexity index is 963. The molecule has 2 aromatic carbocycles. The Labute approximate surface area is 156 Å². The maximum Gasteiger partial charge on any atom is 0.261 e. The van der Waals surface area contributed by atoms with Gasteiger partial charge in [-0.05, 0) is 48.7 Å². The van der Waals surface area contributed by atoms with E-state index in [1.165, 1.54) is 0 Å². The molecular weight excluding hydrogens is 379 g/mol. The number of anilines is 2. The van der Waals surface area contributed by atoms with Crippen molar-refractivity contribution < 1.29 is 17.6 Å². The van der Waals surface area contributed by atoms with Crippen LogP contribution in [0.4, 0.5) is 15.8 Å². The summed E-state index contributed by atoms with van der Waals surface area (Å²) in [5.41, 5.74) is 2.06. The largest absolute Gasteiger partial charge is 0.312 e. The average Bonchev–Trinajstić information content (AvgIpc) is 2.62. The van der Waals surface area contributed by atoms with Gasteiger partial charge in [-0.25, -0.2) is 12.8 Å². The first-order valence-electron chi connectivity index (χ1n) is 8.23. The average molecular weight is 397 g/mol. The monoisotopic (exact) mass is 396 g/mol. The van der Waals surface area contributed by atoms with Crippen LogP contribution < -0.4 is 9.62 Å². The van der Waals surface area contributed by atoms with Crippen LogP contribution in [0.15, 0.2) is 41.3 Å². The van der Waals surface area contributed by atoms with Gasteiger partial charge in [-0.2, -0.15) is 0 Å². The number of halogens is 2. The molecule has 1 N–H and O–H groups in total. The first-order chi connectivity index (χ1) is 12.3. The van der Waals surface area contributed by atoms with Crippen molar-refractivity contribution in [2.24, 2.45) is 0 Å². The molecule has 0 atom stereocenters. The van der Waals surface area contributed by atoms with Crippen molar-refractivity contribution in [1.29, 1.82) is 0 Å². The van der Waals surface area contributed by atoms with Gasteiger partial charge >= 0.3 is 0 Å². The van der Waals surface area contributed by atoms with Gasteiger partial charge in [0.2, 0.25) is 5.91 Å². The van der Waals surface area contributed by atoms with Crippen molar-refractivity contribution in [2.75, 3.05) is 16.2 Å². The molecule has 0 radical (unpaired) electrons. The Hall–Kier alpha value is -2.12. The van der Waals surface area contributed by atoms with Crippen LogP contribution in [0.25, 0.3) is 0 Å². The van der Waals surface area contributed by atoms with Crippen molar-refractivity contribution in [2.45, 2.75) is 31.1 Å². The molecule has 5 nitrogen and oxygen atoms in total. The van der Waals surface area contributed by atoms with Gasteiger partial charge in [0.15, 0.2) is 0 Å². The summed E-state index contributed by atoms with van der Waals surface area (Å²) >= 11 is 5.68. The number of carbonyl (C=O) groups excluding carboxylic acids is 1. The number of nitrogens with zero attached hydrogens (tertiary/aromatic N) is 1. The van der Waals surface area contributed by atoms with E-state index in [0.717, 1.165) is 42.3 Å². The molecule has 0 spiro atoms. The van der Waals surface area contributed by atoms with Gasteiger partial charge in [0, 0.05) is 18.7 Å². The summed E-state index contributed by atoms with van der Waals surface area (Å²) in [7, 11) is -3.93. The molecule has 0 saturated carbocycles. The highest BCUT2D eigenvalue weighted by molar-refractivity contribution is 7.92. The number of nitrogens with one attached hydrogen (secondary N) is 1. The van der Waals surface area contributed by atoms with E-state index in [-0.39, 0.29) is 15.8 Å². The van der Waals surface area contributed by atoms with Crippen molar-refractivity contribution in [1.82, 2.24) is 0 Å². The number of sulfonamides is 1. The number of carbonyl (C=O) groups is 1. The molecule has 2 aromatic rings. The van der Waals surface area contributed by atoms with Crippen LogP contribution in [0.3, 0.4) is 0 Å². The summed E-state index contributed by atoms with van der Waals surface area (Å²) < 4.78 is 40.8. The maximum atomic E-state index is 13.3. The minimum Gasteiger partial charge on any atom is -0.312 e. The van der Waals surface area contributed by atoms with E-state index in [4.69, 9.17) is 11.6 Å². The van der Waals surface area contributed by atoms with Crippen molar-refractivity contribution in [3.63, 3.8) is 0 Å². The number of rotatable bonds is 4. The van der Waals surface area contributed by atoms with Crippen LogP contribution in [-0.4, -0.2) is 20.9 Å². The molecule has 8 heteroatoms. The first-order valence-corrected chi connectivity index (χ1v) is 10.1. The molecule has 3 rings (SSSR count). The molecule has 0 aromatic heterocycles. The topological polar surface area (TPSA) is 66.5 Å². The standard InChI is InChI=1S/C18H18ClFN2O3S/c1-2-18(23)22-9-3-4-12-5-6-13(10-17(12)22)21-26(24,25)14-7-8-16(20)15(19)11-14/h5-8,10-11,21H,2-4,9H2,1H3. The van der Waals surface area contributed by atoms with E-state index in [9.17, 15) is 17.6 Å². The van der Waals surface area contributed by atoms with Crippen LogP contribution in [0.5, 0.6) is 0 Å². The normalized spacial score (nSPS) is 14.0. The van der Waals surface area contributed by atoms with Crippen LogP contribution in [0.2, 0.25) is 5.02 Å². The second-order valence-electron chi connectivity index (χ2n) is 6.03. The second-order valence-corrected chi connectivity index (χ2v) is 8.12. The molecule has 0 aliphatic carbocycles. The number of aryl methyl sites for hydroxylation is 1. The molecule has 1 heterocycles. The summed E-state index contributed by atoms with van der Waals surface area (Å²) in [6.07, 6.45) is 2.09. The SMILES string of the molecule is CCC(=O)N1CCCc2ccc(NS(=O)(=O)c3ccc(F)c(Cl)c3)cc21. The number of amides is 1. The Balaban J connectivity index is 1.93. The summed E-state index contributed by atoms with van der Waals surface area (Å²) in [6.45, 7) is 2.41. The lowest BCUT2D eigenvalue weighted by atomic mass is 10.0. The van der Waals surface area contributed by atoms with Crippen LogP contribution in [-0.2, 0) is 21.2 Å². The molecule has 26 heavy (non-hydrogen) atoms. The molecule has 138 valence electrons. The van der Waals surface area contributed by atoms with E-state index >= 15 is 0 Å². The lowest BCUT2D eigenvalue weighted by Crippen LogP contribution is -2.35. The number of benzene rings is 2. The smallest absolute Gasteiger partial charge is 0.261 e. The molecule has 0 fully saturated rings. The lowest BCUT2D eigenvalue weighted by molar-refractivity contribution is -0.118. The Morgan fingerprint density at radius 3 is 2.73 bits per heavy atom. The number of hydrogen-bond donors (Lipinski definition) is 1. The van der Waals surface area contributed by atoms with Gasteiger partial charge in [0.25, 0.3) is 10.0 Å². The van der Waals surface area contributed by atoms with E-state index < -0.39 is 15.8 Å². The third-order valence-corrected chi connectivity index (χ3v) is 5.93. The van der Waals surface area contributed by atoms with E-state index in [0.29, 0.717) is 18.7 Å². The third kappa shape index (κ3) is 3.68. The van der Waals surface area contributed by atoms with E-state index in [2.05, 4.69) is 4.72 Å². The lowest BCUT2D eigenvalue weighted by Gasteiger charge is -2.29. The van der Waals surface area contributed by atoms with E-state index in [1.807, 2.05) is 6.07 Å². The summed E-state index contributed by atoms with van der Waals surface area (Å²) in [5, 5.41) is -0.266. The van der Waals surface area contributed by atoms with Crippen LogP contribution >= 0.6 is 11.6 Å². The second kappa shape index (κ2) is 7.25. The first kappa shape index (κ1) is 18.7. The highest BCUT2D eigenvalue weighted by Gasteiger charge is 2.23. The summed E-state index contributed by atoms with van der Waals surface area (Å²) in [5.74, 6) is -0.690. The fraction of sp³-hybridized carbons (Fsp3) is 0.278. The predicted molar refractivity (Wildman–Crippen MR) is 99.6 cm³/mol. The Morgan fingerprint density at radius 2 is 2.04 bits per heavy atom. The van der Waals surface area contributed by atoms with Gasteiger partial charge < -0.3 is 4.90 Å². The van der Waals surface area contributed by atoms with Gasteiger partial charge in [-0.15, -0.1) is 0 Å². The van der Waals surface area contributed by atoms with Crippen molar-refractivity contribution >= 4 is 38.9 Å². The number of fused-ring (bicyclic) bond motifs is 1. The van der Waals surface area contributed by atoms with Gasteiger partial charge in [-0.1, -0.05) is 24.6 Å². The summed E-state index contributed by atoms with van der Waals surface area (Å²) in [6, 6.07) is 8.34. The van der Waals surface area contributed by atoms with Gasteiger partial charge in [-0.3, -0.25) is 9.52 Å². The van der Waals surface area contributed by atoms with Crippen LogP contribution in [0.1, 0.15) is 25.3 Å². The van der Waals surface area contributed by atoms with Gasteiger partial charge in [0.05, 0.1) is 15.6 Å². The Kier molecular flexibility index (Phi) is 5.20. The molecule has 0 bridgehead atoms. The fourth-order valence-corrected chi connectivity index (χ4v) is 4.27. The van der Waals surface area contributed by atoms with Crippen LogP contribution in [0, 0.1) is 5.82 Å². The third-order valence-electron chi connectivity index (χ3n) is 4.26. The highest BCUT2D eigenvalue weighted by atomic mass is 35.5.